The van der Waals surface area contributed by atoms with Crippen molar-refractivity contribution >= 4 is 16.9 Å². The summed E-state index contributed by atoms with van der Waals surface area (Å²) in [7, 11) is 0. The average molecular weight is 268 g/mol. The van der Waals surface area contributed by atoms with Gasteiger partial charge in [0.05, 0.1) is 6.20 Å². The molecule has 6 nitrogen and oxygen atoms in total. The molecule has 0 fully saturated rings. The van der Waals surface area contributed by atoms with Crippen LogP contribution in [0.2, 0.25) is 0 Å². The van der Waals surface area contributed by atoms with Crippen LogP contribution < -0.4 is 16.0 Å². The number of ether oxygens (including phenoxy) is 1. The van der Waals surface area contributed by atoms with Crippen LogP contribution in [0.1, 0.15) is 5.56 Å². The summed E-state index contributed by atoms with van der Waals surface area (Å²) in [5, 5.41) is 0. The highest BCUT2D eigenvalue weighted by Gasteiger charge is 2.07. The van der Waals surface area contributed by atoms with Crippen LogP contribution in [0.3, 0.4) is 0 Å². The largest absolute Gasteiger partial charge is 0.455 e. The number of H-pyrrole nitrogens is 1. The number of hydrogen-bond donors (Lipinski definition) is 2. The molecule has 2 aromatic heterocycles. The number of fused-ring (bicyclic) bond motifs is 1. The first-order valence-corrected chi connectivity index (χ1v) is 6.01. The molecule has 0 amide bonds. The van der Waals surface area contributed by atoms with Gasteiger partial charge in [-0.05, 0) is 30.7 Å². The normalized spacial score (nSPS) is 10.7. The molecule has 3 N–H and O–H groups in total. The second-order valence-corrected chi connectivity index (χ2v) is 4.37. The molecule has 0 bridgehead atoms. The average Bonchev–Trinajstić information content (AvgIpc) is 2.43. The summed E-state index contributed by atoms with van der Waals surface area (Å²) in [6.07, 6.45) is 2.75. The molecular weight excluding hydrogens is 256 g/mol. The molecule has 0 aliphatic carbocycles. The van der Waals surface area contributed by atoms with Crippen LogP contribution in [-0.4, -0.2) is 15.0 Å². The molecule has 0 aliphatic rings. The molecule has 100 valence electrons. The summed E-state index contributed by atoms with van der Waals surface area (Å²) < 4.78 is 5.79. The number of nitrogens with two attached hydrogens (primary N) is 1. The van der Waals surface area contributed by atoms with Gasteiger partial charge >= 0.3 is 0 Å². The third-order valence-corrected chi connectivity index (χ3v) is 2.91. The summed E-state index contributed by atoms with van der Waals surface area (Å²) in [4.78, 5) is 21.9. The number of benzene rings is 1. The van der Waals surface area contributed by atoms with E-state index in [-0.39, 0.29) is 5.56 Å². The van der Waals surface area contributed by atoms with Crippen molar-refractivity contribution in [3.8, 4) is 11.5 Å². The van der Waals surface area contributed by atoms with Crippen LogP contribution in [0.5, 0.6) is 11.5 Å². The maximum atomic E-state index is 11.2. The standard InChI is InChI=1S/C14H12N4O2/c1-8-6-9(2-3-10(8)15)20-11-4-5-16-14-13(11)17-7-12(19)18-14/h2-7H,15H2,1H3,(H,16,18,19). The van der Waals surface area contributed by atoms with E-state index in [1.807, 2.05) is 13.0 Å². The lowest BCUT2D eigenvalue weighted by Gasteiger charge is -2.09. The van der Waals surface area contributed by atoms with Gasteiger partial charge in [-0.3, -0.25) is 4.79 Å². The second kappa shape index (κ2) is 4.65. The topological polar surface area (TPSA) is 93.9 Å². The van der Waals surface area contributed by atoms with Crippen LogP contribution in [-0.2, 0) is 0 Å². The highest BCUT2D eigenvalue weighted by atomic mass is 16.5. The van der Waals surface area contributed by atoms with E-state index in [1.54, 1.807) is 24.4 Å². The number of pyridine rings is 1. The monoisotopic (exact) mass is 268 g/mol. The number of nitrogens with zero attached hydrogens (tertiary/aromatic N) is 2. The molecule has 0 unspecified atom stereocenters. The van der Waals surface area contributed by atoms with E-state index in [1.165, 1.54) is 6.20 Å². The van der Waals surface area contributed by atoms with Crippen molar-refractivity contribution in [2.75, 3.05) is 5.73 Å². The van der Waals surface area contributed by atoms with Gasteiger partial charge in [-0.25, -0.2) is 9.97 Å². The number of nitrogens with one attached hydrogen (secondary N) is 1. The lowest BCUT2D eigenvalue weighted by atomic mass is 10.2. The minimum Gasteiger partial charge on any atom is -0.455 e. The highest BCUT2D eigenvalue weighted by Crippen LogP contribution is 2.27. The molecule has 0 aliphatic heterocycles. The Balaban J connectivity index is 2.06. The Labute approximate surface area is 114 Å². The van der Waals surface area contributed by atoms with E-state index in [2.05, 4.69) is 15.0 Å². The molecule has 0 saturated heterocycles. The van der Waals surface area contributed by atoms with Crippen molar-refractivity contribution in [3.05, 3.63) is 52.6 Å². The van der Waals surface area contributed by atoms with Gasteiger partial charge in [-0.1, -0.05) is 0 Å². The van der Waals surface area contributed by atoms with Crippen molar-refractivity contribution in [3.63, 3.8) is 0 Å². The smallest absolute Gasteiger partial charge is 0.268 e. The van der Waals surface area contributed by atoms with Gasteiger partial charge in [-0.15, -0.1) is 0 Å². The maximum absolute atomic E-state index is 11.2. The summed E-state index contributed by atoms with van der Waals surface area (Å²) in [6, 6.07) is 7.09. The zero-order valence-corrected chi connectivity index (χ0v) is 10.8. The molecule has 0 radical (unpaired) electrons. The third kappa shape index (κ3) is 2.18. The summed E-state index contributed by atoms with van der Waals surface area (Å²) in [6.45, 7) is 1.91. The van der Waals surface area contributed by atoms with Crippen molar-refractivity contribution < 1.29 is 4.74 Å². The van der Waals surface area contributed by atoms with Gasteiger partial charge in [0.25, 0.3) is 5.56 Å². The second-order valence-electron chi connectivity index (χ2n) is 4.37. The van der Waals surface area contributed by atoms with Crippen molar-refractivity contribution in [2.45, 2.75) is 6.92 Å². The number of rotatable bonds is 2. The van der Waals surface area contributed by atoms with Crippen LogP contribution in [0, 0.1) is 6.92 Å². The van der Waals surface area contributed by atoms with Crippen molar-refractivity contribution in [1.82, 2.24) is 15.0 Å². The number of aromatic amines is 1. The molecule has 6 heteroatoms. The molecule has 20 heavy (non-hydrogen) atoms. The SMILES string of the molecule is Cc1cc(Oc2ccnc3[nH]c(=O)cnc23)ccc1N. The minimum absolute atomic E-state index is 0.300. The van der Waals surface area contributed by atoms with Gasteiger partial charge in [0, 0.05) is 18.0 Å². The maximum Gasteiger partial charge on any atom is 0.268 e. The van der Waals surface area contributed by atoms with E-state index in [9.17, 15) is 4.79 Å². The van der Waals surface area contributed by atoms with E-state index >= 15 is 0 Å². The third-order valence-electron chi connectivity index (χ3n) is 2.91. The Bertz CT molecular complexity index is 842. The summed E-state index contributed by atoms with van der Waals surface area (Å²) >= 11 is 0. The van der Waals surface area contributed by atoms with E-state index in [0.717, 1.165) is 5.56 Å². The fourth-order valence-corrected chi connectivity index (χ4v) is 1.85. The number of nitrogen functional groups attached to an aromatic ring is 1. The summed E-state index contributed by atoms with van der Waals surface area (Å²) in [5.74, 6) is 1.17. The van der Waals surface area contributed by atoms with Crippen LogP contribution in [0.4, 0.5) is 5.69 Å². The molecular formula is C14H12N4O2. The number of hydrogen-bond acceptors (Lipinski definition) is 5. The Morgan fingerprint density at radius 2 is 2.10 bits per heavy atom. The van der Waals surface area contributed by atoms with Crippen molar-refractivity contribution in [2.24, 2.45) is 0 Å². The molecule has 0 saturated carbocycles. The number of anilines is 1. The van der Waals surface area contributed by atoms with Gasteiger partial charge in [0.15, 0.2) is 11.4 Å². The lowest BCUT2D eigenvalue weighted by Crippen LogP contribution is -2.06. The molecule has 2 heterocycles. The lowest BCUT2D eigenvalue weighted by molar-refractivity contribution is 0.486. The Morgan fingerprint density at radius 3 is 2.90 bits per heavy atom. The van der Waals surface area contributed by atoms with E-state index < -0.39 is 0 Å². The van der Waals surface area contributed by atoms with E-state index in [4.69, 9.17) is 10.5 Å². The van der Waals surface area contributed by atoms with Crippen LogP contribution in [0.25, 0.3) is 11.2 Å². The molecule has 0 atom stereocenters. The zero-order valence-electron chi connectivity index (χ0n) is 10.8. The predicted molar refractivity (Wildman–Crippen MR) is 75.8 cm³/mol. The molecule has 3 rings (SSSR count). The van der Waals surface area contributed by atoms with Crippen molar-refractivity contribution in [1.29, 1.82) is 0 Å². The summed E-state index contributed by atoms with van der Waals surface area (Å²) in [5.41, 5.74) is 8.00. The molecule has 0 spiro atoms. The highest BCUT2D eigenvalue weighted by molar-refractivity contribution is 5.76. The quantitative estimate of drug-likeness (QED) is 0.693. The first-order chi connectivity index (χ1) is 9.63. The Morgan fingerprint density at radius 1 is 1.25 bits per heavy atom. The molecule has 1 aromatic carbocycles. The number of aromatic nitrogens is 3. The molecule has 3 aromatic rings. The Hall–Kier alpha value is -2.89. The van der Waals surface area contributed by atoms with Gasteiger partial charge in [-0.2, -0.15) is 0 Å². The van der Waals surface area contributed by atoms with E-state index in [0.29, 0.717) is 28.4 Å². The van der Waals surface area contributed by atoms with Gasteiger partial charge in [0.1, 0.15) is 11.3 Å². The Kier molecular flexibility index (Phi) is 2.83. The predicted octanol–water partition coefficient (Wildman–Crippen LogP) is 2.00. The fourth-order valence-electron chi connectivity index (χ4n) is 1.85. The zero-order chi connectivity index (χ0) is 14.1. The first kappa shape index (κ1) is 12.2. The van der Waals surface area contributed by atoms with Gasteiger partial charge < -0.3 is 15.5 Å². The first-order valence-electron chi connectivity index (χ1n) is 6.01. The fraction of sp³-hybridized carbons (Fsp3) is 0.0714. The van der Waals surface area contributed by atoms with Crippen LogP contribution in [0.15, 0.2) is 41.5 Å². The minimum atomic E-state index is -0.300. The van der Waals surface area contributed by atoms with Gasteiger partial charge in [0.2, 0.25) is 0 Å². The van der Waals surface area contributed by atoms with Crippen LogP contribution >= 0.6 is 0 Å². The number of aryl methyl sites for hydroxylation is 1.